The molecule has 1 aliphatic rings. The molecule has 1 saturated heterocycles. The van der Waals surface area contributed by atoms with Crippen LogP contribution < -0.4 is 0 Å². The Kier molecular flexibility index (Phi) is 7.61. The van der Waals surface area contributed by atoms with Crippen LogP contribution in [0.4, 0.5) is 0 Å². The van der Waals surface area contributed by atoms with Crippen molar-refractivity contribution in [1.82, 2.24) is 0 Å². The van der Waals surface area contributed by atoms with Gasteiger partial charge in [-0.15, -0.1) is 0 Å². The largest absolute Gasteiger partial charge is 0.463 e. The van der Waals surface area contributed by atoms with Crippen molar-refractivity contribution in [3.05, 3.63) is 0 Å². The van der Waals surface area contributed by atoms with Crippen LogP contribution in [0.1, 0.15) is 27.7 Å². The number of ether oxygens (including phenoxy) is 5. The standard InChI is InChI=1S/C14H19BrO9/c1-6(16)20-5-10-11(21-7(2)17)12(22-8(3)18)13(14(15)24-10)23-9(4)19/h10-14H,5H2,1-4H3/t10-,11+,12+,13-,14?/m1/s1. The van der Waals surface area contributed by atoms with Gasteiger partial charge in [-0.1, -0.05) is 15.9 Å². The number of hydrogen-bond acceptors (Lipinski definition) is 9. The molecule has 136 valence electrons. The van der Waals surface area contributed by atoms with Gasteiger partial charge in [-0.3, -0.25) is 19.2 Å². The summed E-state index contributed by atoms with van der Waals surface area (Å²) in [6.45, 7) is 4.47. The fraction of sp³-hybridized carbons (Fsp3) is 0.714. The first kappa shape index (κ1) is 20.4. The summed E-state index contributed by atoms with van der Waals surface area (Å²) in [5.74, 6) is -2.52. The van der Waals surface area contributed by atoms with Crippen LogP contribution in [0.25, 0.3) is 0 Å². The van der Waals surface area contributed by atoms with Crippen molar-refractivity contribution in [2.45, 2.75) is 57.1 Å². The molecule has 1 aliphatic heterocycles. The van der Waals surface area contributed by atoms with Crippen molar-refractivity contribution >= 4 is 39.8 Å². The van der Waals surface area contributed by atoms with Crippen LogP contribution in [0, 0.1) is 0 Å². The topological polar surface area (TPSA) is 114 Å². The third kappa shape index (κ3) is 6.08. The van der Waals surface area contributed by atoms with Crippen LogP contribution in [0.3, 0.4) is 0 Å². The minimum atomic E-state index is -1.13. The molecule has 0 spiro atoms. The zero-order valence-corrected chi connectivity index (χ0v) is 15.2. The Bertz CT molecular complexity index is 506. The zero-order valence-electron chi connectivity index (χ0n) is 13.6. The van der Waals surface area contributed by atoms with Crippen LogP contribution in [0.5, 0.6) is 0 Å². The predicted octanol–water partition coefficient (Wildman–Crippen LogP) is 0.464. The van der Waals surface area contributed by atoms with Crippen LogP contribution in [-0.4, -0.2) is 59.9 Å². The van der Waals surface area contributed by atoms with Gasteiger partial charge in [0.05, 0.1) is 0 Å². The number of rotatable bonds is 5. The van der Waals surface area contributed by atoms with Gasteiger partial charge in [0.25, 0.3) is 0 Å². The molecule has 0 bridgehead atoms. The summed E-state index contributed by atoms with van der Waals surface area (Å²) >= 11 is 3.18. The molecule has 1 heterocycles. The molecule has 0 aliphatic carbocycles. The summed E-state index contributed by atoms with van der Waals surface area (Å²) in [5.41, 5.74) is 0. The second-order valence-electron chi connectivity index (χ2n) is 5.05. The van der Waals surface area contributed by atoms with Crippen LogP contribution >= 0.6 is 15.9 Å². The maximum atomic E-state index is 11.4. The highest BCUT2D eigenvalue weighted by atomic mass is 79.9. The SMILES string of the molecule is CC(=O)OC[C@H]1OC(Br)[C@H](OC(C)=O)[C@@H](OC(C)=O)[C@H]1OC(C)=O. The van der Waals surface area contributed by atoms with Gasteiger partial charge >= 0.3 is 23.9 Å². The highest BCUT2D eigenvalue weighted by Crippen LogP contribution is 2.31. The number of carbonyl (C=O) groups is 4. The Hall–Kier alpha value is -1.68. The Morgan fingerprint density at radius 3 is 1.71 bits per heavy atom. The van der Waals surface area contributed by atoms with E-state index in [0.29, 0.717) is 0 Å². The molecule has 9 nitrogen and oxygen atoms in total. The van der Waals surface area contributed by atoms with E-state index in [1.165, 1.54) is 13.8 Å². The third-order valence-electron chi connectivity index (χ3n) is 2.93. The van der Waals surface area contributed by atoms with Crippen molar-refractivity contribution in [3.63, 3.8) is 0 Å². The molecule has 0 aromatic carbocycles. The average Bonchev–Trinajstić information content (AvgIpc) is 2.42. The summed E-state index contributed by atoms with van der Waals surface area (Å²) in [6, 6.07) is 0. The fourth-order valence-electron chi connectivity index (χ4n) is 2.18. The summed E-state index contributed by atoms with van der Waals surface area (Å²) in [6.07, 6.45) is -4.22. The number of halogens is 1. The average molecular weight is 411 g/mol. The quantitative estimate of drug-likeness (QED) is 0.362. The van der Waals surface area contributed by atoms with Gasteiger partial charge in [-0.05, 0) is 0 Å². The molecule has 1 rings (SSSR count). The van der Waals surface area contributed by atoms with Crippen LogP contribution in [0.15, 0.2) is 0 Å². The molecule has 24 heavy (non-hydrogen) atoms. The lowest BCUT2D eigenvalue weighted by Gasteiger charge is -2.42. The molecule has 5 atom stereocenters. The molecule has 0 amide bonds. The van der Waals surface area contributed by atoms with Crippen LogP contribution in [0.2, 0.25) is 0 Å². The number of esters is 4. The maximum absolute atomic E-state index is 11.4. The Morgan fingerprint density at radius 1 is 0.792 bits per heavy atom. The summed E-state index contributed by atoms with van der Waals surface area (Å²) in [5, 5.41) is -0.863. The van der Waals surface area contributed by atoms with E-state index in [0.717, 1.165) is 13.8 Å². The second kappa shape index (κ2) is 8.97. The Morgan fingerprint density at radius 2 is 1.25 bits per heavy atom. The van der Waals surface area contributed by atoms with E-state index in [9.17, 15) is 19.2 Å². The smallest absolute Gasteiger partial charge is 0.303 e. The van der Waals surface area contributed by atoms with Gasteiger partial charge in [-0.2, -0.15) is 0 Å². The molecule has 10 heteroatoms. The molecule has 0 aromatic rings. The van der Waals surface area contributed by atoms with Crippen molar-refractivity contribution in [2.75, 3.05) is 6.61 Å². The fourth-order valence-corrected chi connectivity index (χ4v) is 2.86. The first-order chi connectivity index (χ1) is 11.1. The molecule has 0 N–H and O–H groups in total. The van der Waals surface area contributed by atoms with Gasteiger partial charge in [0, 0.05) is 27.7 Å². The highest BCUT2D eigenvalue weighted by molar-refractivity contribution is 9.09. The highest BCUT2D eigenvalue weighted by Gasteiger charge is 2.51. The van der Waals surface area contributed by atoms with E-state index in [-0.39, 0.29) is 6.61 Å². The summed E-state index contributed by atoms with van der Waals surface area (Å²) in [4.78, 5) is 45.1. The monoisotopic (exact) mass is 410 g/mol. The maximum Gasteiger partial charge on any atom is 0.303 e. The summed E-state index contributed by atoms with van der Waals surface area (Å²) < 4.78 is 25.9. The van der Waals surface area contributed by atoms with E-state index in [4.69, 9.17) is 23.7 Å². The van der Waals surface area contributed by atoms with Crippen LogP contribution in [-0.2, 0) is 42.9 Å². The first-order valence-corrected chi connectivity index (χ1v) is 7.98. The van der Waals surface area contributed by atoms with E-state index < -0.39 is 53.3 Å². The molecule has 0 saturated carbocycles. The third-order valence-corrected chi connectivity index (χ3v) is 3.67. The molecule has 0 radical (unpaired) electrons. The van der Waals surface area contributed by atoms with E-state index in [2.05, 4.69) is 15.9 Å². The molecule has 1 unspecified atom stereocenters. The zero-order chi connectivity index (χ0) is 18.4. The predicted molar refractivity (Wildman–Crippen MR) is 80.9 cm³/mol. The normalized spacial score (nSPS) is 29.3. The lowest BCUT2D eigenvalue weighted by molar-refractivity contribution is -0.236. The van der Waals surface area contributed by atoms with E-state index in [1.54, 1.807) is 0 Å². The van der Waals surface area contributed by atoms with E-state index >= 15 is 0 Å². The molecular formula is C14H19BrO9. The van der Waals surface area contributed by atoms with Gasteiger partial charge in [0.15, 0.2) is 23.3 Å². The lowest BCUT2D eigenvalue weighted by atomic mass is 9.99. The van der Waals surface area contributed by atoms with Crippen molar-refractivity contribution < 1.29 is 42.9 Å². The summed E-state index contributed by atoms with van der Waals surface area (Å²) in [7, 11) is 0. The van der Waals surface area contributed by atoms with Gasteiger partial charge in [-0.25, -0.2) is 0 Å². The number of alkyl halides is 1. The lowest BCUT2D eigenvalue weighted by Crippen LogP contribution is -2.60. The molecular weight excluding hydrogens is 392 g/mol. The van der Waals surface area contributed by atoms with Crippen molar-refractivity contribution in [2.24, 2.45) is 0 Å². The number of hydrogen-bond donors (Lipinski definition) is 0. The van der Waals surface area contributed by atoms with Gasteiger partial charge in [0.1, 0.15) is 12.7 Å². The Labute approximate surface area is 147 Å². The van der Waals surface area contributed by atoms with E-state index in [1.807, 2.05) is 0 Å². The van der Waals surface area contributed by atoms with Gasteiger partial charge < -0.3 is 23.7 Å². The Balaban J connectivity index is 3.11. The molecule has 1 fully saturated rings. The van der Waals surface area contributed by atoms with Gasteiger partial charge in [0.2, 0.25) is 0 Å². The van der Waals surface area contributed by atoms with Crippen molar-refractivity contribution in [3.8, 4) is 0 Å². The first-order valence-electron chi connectivity index (χ1n) is 7.06. The van der Waals surface area contributed by atoms with Crippen molar-refractivity contribution in [1.29, 1.82) is 0 Å². The minimum Gasteiger partial charge on any atom is -0.463 e. The minimum absolute atomic E-state index is 0.236. The number of carbonyl (C=O) groups excluding carboxylic acids is 4. The second-order valence-corrected chi connectivity index (χ2v) is 5.95. The molecule has 0 aromatic heterocycles.